The number of aliphatic hydroxyl groups is 1. The Hall–Kier alpha value is 0.0300. The van der Waals surface area contributed by atoms with Gasteiger partial charge in [-0.05, 0) is 6.42 Å². The highest BCUT2D eigenvalue weighted by Crippen LogP contribution is 1.92. The molecule has 0 aromatic carbocycles. The van der Waals surface area contributed by atoms with Crippen molar-refractivity contribution in [3.05, 3.63) is 0 Å². The van der Waals surface area contributed by atoms with Gasteiger partial charge in [0.1, 0.15) is 0 Å². The summed E-state index contributed by atoms with van der Waals surface area (Å²) in [7, 11) is 0.662. The van der Waals surface area contributed by atoms with Gasteiger partial charge < -0.3 is 15.6 Å². The number of hydrogen-bond donors (Lipinski definition) is 2. The molecule has 0 radical (unpaired) electrons. The lowest BCUT2D eigenvalue weighted by Crippen LogP contribution is -2.29. The molecule has 12 heavy (non-hydrogen) atoms. The lowest BCUT2D eigenvalue weighted by molar-refractivity contribution is 0.218. The van der Waals surface area contributed by atoms with E-state index in [1.54, 1.807) is 7.11 Å². The van der Waals surface area contributed by atoms with Crippen LogP contribution in [0.3, 0.4) is 0 Å². The van der Waals surface area contributed by atoms with Crippen LogP contribution in [0.2, 0.25) is 0 Å². The van der Waals surface area contributed by atoms with E-state index in [4.69, 9.17) is 15.6 Å². The van der Waals surface area contributed by atoms with E-state index in [-0.39, 0.29) is 12.6 Å². The standard InChI is InChI=1S/C7H17NO3S/c1-11-4-5-12(10)6-7(8)2-3-9/h7,9H,2-6,8H2,1H3. The molecular weight excluding hydrogens is 178 g/mol. The van der Waals surface area contributed by atoms with Crippen molar-refractivity contribution in [3.8, 4) is 0 Å². The second kappa shape index (κ2) is 7.67. The van der Waals surface area contributed by atoms with Crippen molar-refractivity contribution in [2.75, 3.05) is 31.8 Å². The highest BCUT2D eigenvalue weighted by molar-refractivity contribution is 7.85. The second-order valence-corrected chi connectivity index (χ2v) is 4.20. The van der Waals surface area contributed by atoms with Gasteiger partial charge in [0, 0.05) is 42.1 Å². The molecule has 0 aliphatic heterocycles. The second-order valence-electron chi connectivity index (χ2n) is 2.58. The average Bonchev–Trinajstić information content (AvgIpc) is 2.01. The number of methoxy groups -OCH3 is 1. The Bertz CT molecular complexity index is 132. The fourth-order valence-electron chi connectivity index (χ4n) is 0.748. The van der Waals surface area contributed by atoms with E-state index in [2.05, 4.69) is 0 Å². The van der Waals surface area contributed by atoms with Crippen LogP contribution in [0.15, 0.2) is 0 Å². The molecule has 2 atom stereocenters. The van der Waals surface area contributed by atoms with Crippen LogP contribution < -0.4 is 5.73 Å². The first-order valence-corrected chi connectivity index (χ1v) is 5.40. The molecule has 0 rings (SSSR count). The predicted octanol–water partition coefficient (Wildman–Crippen LogP) is -0.909. The lowest BCUT2D eigenvalue weighted by Gasteiger charge is -2.08. The summed E-state index contributed by atoms with van der Waals surface area (Å²) in [6.45, 7) is 0.557. The van der Waals surface area contributed by atoms with Gasteiger partial charge in [0.05, 0.1) is 6.61 Å². The first-order chi connectivity index (χ1) is 5.70. The Kier molecular flexibility index (Phi) is 7.69. The summed E-state index contributed by atoms with van der Waals surface area (Å²) < 4.78 is 15.9. The van der Waals surface area contributed by atoms with Crippen molar-refractivity contribution < 1.29 is 14.1 Å². The minimum absolute atomic E-state index is 0.0582. The maximum Gasteiger partial charge on any atom is 0.0577 e. The Morgan fingerprint density at radius 1 is 1.67 bits per heavy atom. The lowest BCUT2D eigenvalue weighted by atomic mass is 10.3. The molecule has 0 bridgehead atoms. The van der Waals surface area contributed by atoms with Crippen LogP contribution in [0.4, 0.5) is 0 Å². The number of hydrogen-bond acceptors (Lipinski definition) is 4. The van der Waals surface area contributed by atoms with E-state index in [1.165, 1.54) is 0 Å². The Labute approximate surface area is 75.6 Å². The number of ether oxygens (including phenoxy) is 1. The fourth-order valence-corrected chi connectivity index (χ4v) is 1.91. The highest BCUT2D eigenvalue weighted by atomic mass is 32.2. The minimum Gasteiger partial charge on any atom is -0.396 e. The van der Waals surface area contributed by atoms with Crippen LogP contribution in [0, 0.1) is 0 Å². The van der Waals surface area contributed by atoms with Gasteiger partial charge in [-0.1, -0.05) is 0 Å². The van der Waals surface area contributed by atoms with Gasteiger partial charge in [-0.3, -0.25) is 4.21 Å². The van der Waals surface area contributed by atoms with Gasteiger partial charge in [0.15, 0.2) is 0 Å². The smallest absolute Gasteiger partial charge is 0.0577 e. The summed E-state index contributed by atoms with van der Waals surface area (Å²) >= 11 is 0. The summed E-state index contributed by atoms with van der Waals surface area (Å²) in [6.07, 6.45) is 0.513. The fraction of sp³-hybridized carbons (Fsp3) is 1.00. The number of aliphatic hydroxyl groups excluding tert-OH is 1. The third kappa shape index (κ3) is 6.72. The van der Waals surface area contributed by atoms with E-state index in [0.29, 0.717) is 24.5 Å². The zero-order chi connectivity index (χ0) is 9.40. The molecule has 0 aromatic rings. The molecule has 2 unspecified atom stereocenters. The molecule has 74 valence electrons. The van der Waals surface area contributed by atoms with Crippen molar-refractivity contribution in [3.63, 3.8) is 0 Å². The predicted molar refractivity (Wildman–Crippen MR) is 49.4 cm³/mol. The summed E-state index contributed by atoms with van der Waals surface area (Å²) in [4.78, 5) is 0. The monoisotopic (exact) mass is 195 g/mol. The highest BCUT2D eigenvalue weighted by Gasteiger charge is 2.06. The van der Waals surface area contributed by atoms with E-state index < -0.39 is 10.8 Å². The van der Waals surface area contributed by atoms with Crippen molar-refractivity contribution >= 4 is 10.8 Å². The van der Waals surface area contributed by atoms with E-state index in [9.17, 15) is 4.21 Å². The van der Waals surface area contributed by atoms with Gasteiger partial charge in [-0.15, -0.1) is 0 Å². The molecule has 0 amide bonds. The first-order valence-electron chi connectivity index (χ1n) is 3.91. The molecule has 4 nitrogen and oxygen atoms in total. The van der Waals surface area contributed by atoms with Gasteiger partial charge in [-0.25, -0.2) is 0 Å². The van der Waals surface area contributed by atoms with E-state index in [0.717, 1.165) is 0 Å². The summed E-state index contributed by atoms with van der Waals surface area (Å²) in [5.74, 6) is 0.972. The van der Waals surface area contributed by atoms with Crippen molar-refractivity contribution in [2.45, 2.75) is 12.5 Å². The molecule has 0 aliphatic rings. The molecular formula is C7H17NO3S. The topological polar surface area (TPSA) is 72.5 Å². The molecule has 0 saturated carbocycles. The summed E-state index contributed by atoms with van der Waals surface area (Å²) in [6, 6.07) is -0.160. The van der Waals surface area contributed by atoms with Crippen LogP contribution >= 0.6 is 0 Å². The molecule has 0 spiro atoms. The van der Waals surface area contributed by atoms with Crippen molar-refractivity contribution in [2.24, 2.45) is 5.73 Å². The quantitative estimate of drug-likeness (QED) is 0.552. The Balaban J connectivity index is 3.40. The molecule has 0 aromatic heterocycles. The van der Waals surface area contributed by atoms with Crippen molar-refractivity contribution in [1.29, 1.82) is 0 Å². The normalized spacial score (nSPS) is 15.9. The number of nitrogens with two attached hydrogens (primary N) is 1. The number of rotatable bonds is 7. The van der Waals surface area contributed by atoms with Gasteiger partial charge in [0.2, 0.25) is 0 Å². The van der Waals surface area contributed by atoms with Crippen LogP contribution in [0.25, 0.3) is 0 Å². The SMILES string of the molecule is COCCS(=O)CC(N)CCO. The summed E-state index contributed by atoms with van der Waals surface area (Å²) in [5, 5.41) is 8.52. The Morgan fingerprint density at radius 2 is 2.33 bits per heavy atom. The first kappa shape index (κ1) is 12.0. The zero-order valence-electron chi connectivity index (χ0n) is 7.36. The largest absolute Gasteiger partial charge is 0.396 e. The molecule has 0 saturated heterocycles. The van der Waals surface area contributed by atoms with Crippen LogP contribution in [0.5, 0.6) is 0 Å². The Morgan fingerprint density at radius 3 is 2.83 bits per heavy atom. The van der Waals surface area contributed by atoms with Crippen LogP contribution in [0.1, 0.15) is 6.42 Å². The summed E-state index contributed by atoms with van der Waals surface area (Å²) in [5.41, 5.74) is 5.56. The third-order valence-electron chi connectivity index (χ3n) is 1.41. The molecule has 0 aliphatic carbocycles. The molecule has 5 heteroatoms. The van der Waals surface area contributed by atoms with E-state index >= 15 is 0 Å². The van der Waals surface area contributed by atoms with Gasteiger partial charge in [-0.2, -0.15) is 0 Å². The van der Waals surface area contributed by atoms with E-state index in [1.807, 2.05) is 0 Å². The minimum atomic E-state index is -0.913. The maximum absolute atomic E-state index is 11.2. The molecule has 0 fully saturated rings. The molecule has 3 N–H and O–H groups in total. The van der Waals surface area contributed by atoms with Crippen molar-refractivity contribution in [1.82, 2.24) is 0 Å². The van der Waals surface area contributed by atoms with Gasteiger partial charge >= 0.3 is 0 Å². The maximum atomic E-state index is 11.2. The third-order valence-corrected chi connectivity index (χ3v) is 2.84. The average molecular weight is 195 g/mol. The molecule has 0 heterocycles. The zero-order valence-corrected chi connectivity index (χ0v) is 8.18. The van der Waals surface area contributed by atoms with Crippen LogP contribution in [-0.2, 0) is 15.5 Å². The van der Waals surface area contributed by atoms with Crippen LogP contribution in [-0.4, -0.2) is 47.2 Å². The van der Waals surface area contributed by atoms with Gasteiger partial charge in [0.25, 0.3) is 0 Å².